The second-order valence-corrected chi connectivity index (χ2v) is 8.73. The summed E-state index contributed by atoms with van der Waals surface area (Å²) in [6.45, 7) is 1.80. The molecule has 0 fully saturated rings. The van der Waals surface area contributed by atoms with E-state index in [1.807, 2.05) is 30.3 Å². The van der Waals surface area contributed by atoms with E-state index >= 15 is 0 Å². The Balaban J connectivity index is 1.75. The van der Waals surface area contributed by atoms with Crippen LogP contribution in [0.4, 0.5) is 13.2 Å². The van der Waals surface area contributed by atoms with Gasteiger partial charge in [-0.05, 0) is 25.0 Å². The molecular weight excluding hydrogens is 401 g/mol. The van der Waals surface area contributed by atoms with Gasteiger partial charge in [0.25, 0.3) is 0 Å². The molecule has 1 aromatic carbocycles. The van der Waals surface area contributed by atoms with Crippen molar-refractivity contribution >= 4 is 21.4 Å². The zero-order valence-corrected chi connectivity index (χ0v) is 15.7. The molecule has 0 saturated carbocycles. The maximum atomic E-state index is 12.6. The Morgan fingerprint density at radius 1 is 1.19 bits per heavy atom. The molecule has 0 amide bonds. The lowest BCUT2D eigenvalue weighted by Gasteiger charge is -2.06. The van der Waals surface area contributed by atoms with Gasteiger partial charge >= 0.3 is 6.18 Å². The van der Waals surface area contributed by atoms with E-state index < -0.39 is 22.0 Å². The number of halogens is 3. The summed E-state index contributed by atoms with van der Waals surface area (Å²) in [6.07, 6.45) is -4.13. The number of aromatic nitrogens is 1. The lowest BCUT2D eigenvalue weighted by atomic mass is 10.2. The number of hydrogen-bond acceptors (Lipinski definition) is 5. The molecule has 3 rings (SSSR count). The van der Waals surface area contributed by atoms with E-state index in [1.54, 1.807) is 6.92 Å². The van der Waals surface area contributed by atoms with Crippen LogP contribution in [-0.2, 0) is 22.6 Å². The van der Waals surface area contributed by atoms with Crippen LogP contribution >= 0.6 is 11.3 Å². The number of nitrogens with one attached hydrogen (secondary N) is 1. The minimum Gasteiger partial charge on any atom is -0.351 e. The molecule has 2 aromatic heterocycles. The predicted molar refractivity (Wildman–Crippen MR) is 94.9 cm³/mol. The van der Waals surface area contributed by atoms with Crippen molar-refractivity contribution in [2.45, 2.75) is 24.4 Å². The topological polar surface area (TPSA) is 72.2 Å². The first kappa shape index (κ1) is 19.6. The second-order valence-electron chi connectivity index (χ2n) is 5.74. The van der Waals surface area contributed by atoms with Crippen molar-refractivity contribution in [3.63, 3.8) is 0 Å². The van der Waals surface area contributed by atoms with E-state index in [1.165, 1.54) is 6.07 Å². The van der Waals surface area contributed by atoms with Crippen LogP contribution in [0.1, 0.15) is 16.2 Å². The zero-order chi connectivity index (χ0) is 19.7. The first-order valence-electron chi connectivity index (χ1n) is 7.85. The van der Waals surface area contributed by atoms with Gasteiger partial charge in [-0.1, -0.05) is 35.5 Å². The highest BCUT2D eigenvalue weighted by molar-refractivity contribution is 7.89. The maximum absolute atomic E-state index is 12.6. The quantitative estimate of drug-likeness (QED) is 0.652. The van der Waals surface area contributed by atoms with Crippen LogP contribution in [0, 0.1) is 6.92 Å². The van der Waals surface area contributed by atoms with E-state index in [-0.39, 0.29) is 22.0 Å². The minimum absolute atomic E-state index is 0.0205. The fourth-order valence-corrected chi connectivity index (χ4v) is 5.01. The van der Waals surface area contributed by atoms with Gasteiger partial charge in [0.2, 0.25) is 15.8 Å². The molecule has 144 valence electrons. The SMILES string of the molecule is Cc1sc(-c2cc(C(F)(F)F)on2)cc1S(=O)(=O)NCCc1ccccc1. The number of hydrogen-bond donors (Lipinski definition) is 1. The molecule has 0 aliphatic carbocycles. The summed E-state index contributed by atoms with van der Waals surface area (Å²) in [5.74, 6) is -1.23. The van der Waals surface area contributed by atoms with Crippen LogP contribution in [-0.4, -0.2) is 20.1 Å². The average Bonchev–Trinajstić information content (AvgIpc) is 3.22. The second kappa shape index (κ2) is 7.45. The largest absolute Gasteiger partial charge is 0.452 e. The molecule has 0 aliphatic heterocycles. The molecule has 0 aliphatic rings. The van der Waals surface area contributed by atoms with Crippen molar-refractivity contribution in [2.24, 2.45) is 0 Å². The lowest BCUT2D eigenvalue weighted by molar-refractivity contribution is -0.155. The summed E-state index contributed by atoms with van der Waals surface area (Å²) in [6, 6.07) is 11.5. The molecule has 1 N–H and O–H groups in total. The van der Waals surface area contributed by atoms with Crippen molar-refractivity contribution in [3.05, 3.63) is 58.7 Å². The lowest BCUT2D eigenvalue weighted by Crippen LogP contribution is -2.26. The molecule has 0 atom stereocenters. The summed E-state index contributed by atoms with van der Waals surface area (Å²) >= 11 is 1.04. The zero-order valence-electron chi connectivity index (χ0n) is 14.1. The van der Waals surface area contributed by atoms with Crippen molar-refractivity contribution in [1.29, 1.82) is 0 Å². The van der Waals surface area contributed by atoms with Crippen LogP contribution < -0.4 is 4.72 Å². The summed E-state index contributed by atoms with van der Waals surface area (Å²) in [5.41, 5.74) is 0.936. The van der Waals surface area contributed by atoms with E-state index in [4.69, 9.17) is 0 Å². The molecule has 0 spiro atoms. The standard InChI is InChI=1S/C17H15F3N2O3S2/c1-11-15(27(23,24)21-8-7-12-5-3-2-4-6-12)10-14(26-11)13-9-16(25-22-13)17(18,19)20/h2-6,9-10,21H,7-8H2,1H3. The molecule has 2 heterocycles. The highest BCUT2D eigenvalue weighted by Gasteiger charge is 2.36. The molecule has 10 heteroatoms. The van der Waals surface area contributed by atoms with Crippen molar-refractivity contribution in [3.8, 4) is 10.6 Å². The highest BCUT2D eigenvalue weighted by Crippen LogP contribution is 2.36. The molecule has 0 bridgehead atoms. The Labute approximate surface area is 157 Å². The highest BCUT2D eigenvalue weighted by atomic mass is 32.2. The van der Waals surface area contributed by atoms with Crippen molar-refractivity contribution in [2.75, 3.05) is 6.54 Å². The van der Waals surface area contributed by atoms with Gasteiger partial charge in [-0.3, -0.25) is 0 Å². The van der Waals surface area contributed by atoms with Crippen LogP contribution in [0.15, 0.2) is 51.9 Å². The average molecular weight is 416 g/mol. The Hall–Kier alpha value is -2.17. The third-order valence-corrected chi connectivity index (χ3v) is 6.54. The van der Waals surface area contributed by atoms with Crippen molar-refractivity contribution < 1.29 is 26.1 Å². The fourth-order valence-electron chi connectivity index (χ4n) is 2.44. The van der Waals surface area contributed by atoms with E-state index in [0.717, 1.165) is 23.0 Å². The fraction of sp³-hybridized carbons (Fsp3) is 0.235. The molecule has 0 saturated heterocycles. The number of nitrogens with zero attached hydrogens (tertiary/aromatic N) is 1. The summed E-state index contributed by atoms with van der Waals surface area (Å²) < 4.78 is 69.8. The first-order valence-corrected chi connectivity index (χ1v) is 10.1. The van der Waals surface area contributed by atoms with Gasteiger partial charge in [0.15, 0.2) is 0 Å². The summed E-state index contributed by atoms with van der Waals surface area (Å²) in [4.78, 5) is 0.760. The van der Waals surface area contributed by atoms with Gasteiger partial charge in [0.05, 0.1) is 9.77 Å². The van der Waals surface area contributed by atoms with Crippen LogP contribution in [0.25, 0.3) is 10.6 Å². The van der Waals surface area contributed by atoms with Crippen LogP contribution in [0.5, 0.6) is 0 Å². The number of aryl methyl sites for hydroxylation is 1. The number of alkyl halides is 3. The minimum atomic E-state index is -4.65. The van der Waals surface area contributed by atoms with Gasteiger partial charge in [-0.15, -0.1) is 11.3 Å². The molecule has 3 aromatic rings. The first-order chi connectivity index (χ1) is 12.7. The predicted octanol–water partition coefficient (Wildman–Crippen LogP) is 4.25. The van der Waals surface area contributed by atoms with E-state index in [9.17, 15) is 21.6 Å². The molecular formula is C17H15F3N2O3S2. The monoisotopic (exact) mass is 416 g/mol. The summed E-state index contributed by atoms with van der Waals surface area (Å²) in [7, 11) is -3.79. The number of sulfonamides is 1. The Bertz CT molecular complexity index is 1030. The third kappa shape index (κ3) is 4.57. The number of benzene rings is 1. The Morgan fingerprint density at radius 2 is 1.89 bits per heavy atom. The molecule has 27 heavy (non-hydrogen) atoms. The smallest absolute Gasteiger partial charge is 0.351 e. The molecule has 0 unspecified atom stereocenters. The third-order valence-electron chi connectivity index (χ3n) is 3.75. The van der Waals surface area contributed by atoms with Crippen molar-refractivity contribution in [1.82, 2.24) is 9.88 Å². The van der Waals surface area contributed by atoms with E-state index in [2.05, 4.69) is 14.4 Å². The Kier molecular flexibility index (Phi) is 5.41. The molecule has 0 radical (unpaired) electrons. The Morgan fingerprint density at radius 3 is 2.52 bits per heavy atom. The van der Waals surface area contributed by atoms with Gasteiger partial charge in [0.1, 0.15) is 5.69 Å². The van der Waals surface area contributed by atoms with Gasteiger partial charge in [0, 0.05) is 17.5 Å². The normalized spacial score (nSPS) is 12.4. The van der Waals surface area contributed by atoms with Crippen LogP contribution in [0.2, 0.25) is 0 Å². The van der Waals surface area contributed by atoms with E-state index in [0.29, 0.717) is 11.3 Å². The maximum Gasteiger partial charge on any atom is 0.452 e. The number of thiophene rings is 1. The van der Waals surface area contributed by atoms with Gasteiger partial charge in [-0.25, -0.2) is 13.1 Å². The van der Waals surface area contributed by atoms with Crippen LogP contribution in [0.3, 0.4) is 0 Å². The van der Waals surface area contributed by atoms with Gasteiger partial charge < -0.3 is 4.52 Å². The van der Waals surface area contributed by atoms with Gasteiger partial charge in [-0.2, -0.15) is 13.2 Å². The number of rotatable bonds is 6. The molecule has 5 nitrogen and oxygen atoms in total. The summed E-state index contributed by atoms with van der Waals surface area (Å²) in [5, 5.41) is 3.39.